The Morgan fingerprint density at radius 2 is 2.05 bits per heavy atom. The van der Waals surface area contributed by atoms with E-state index < -0.39 is 0 Å². The minimum atomic E-state index is 0.362. The van der Waals surface area contributed by atoms with Crippen LogP contribution >= 0.6 is 11.8 Å². The molecule has 0 saturated carbocycles. The van der Waals surface area contributed by atoms with Gasteiger partial charge in [-0.2, -0.15) is 0 Å². The van der Waals surface area contributed by atoms with Gasteiger partial charge in [0.05, 0.1) is 22.7 Å². The van der Waals surface area contributed by atoms with E-state index in [-0.39, 0.29) is 0 Å². The maximum absolute atomic E-state index is 5.03. The van der Waals surface area contributed by atoms with Crippen molar-refractivity contribution >= 4 is 29.0 Å². The normalized spacial score (nSPS) is 28.0. The predicted molar refractivity (Wildman–Crippen MR) is 90.2 cm³/mol. The van der Waals surface area contributed by atoms with Crippen molar-refractivity contribution in [2.24, 2.45) is 10.9 Å². The zero-order valence-corrected chi connectivity index (χ0v) is 13.0. The molecule has 1 aromatic carbocycles. The molecule has 3 aliphatic heterocycles. The second kappa shape index (κ2) is 5.39. The first kappa shape index (κ1) is 13.2. The SMILES string of the molecule is CC1=CC2C(N3CCNCC3)=Nc3ccccc3NC2S1. The van der Waals surface area contributed by atoms with Gasteiger partial charge in [-0.25, -0.2) is 4.99 Å². The maximum Gasteiger partial charge on any atom is 0.115 e. The average Bonchev–Trinajstić information content (AvgIpc) is 2.80. The maximum atomic E-state index is 5.03. The summed E-state index contributed by atoms with van der Waals surface area (Å²) in [7, 11) is 0. The number of para-hydroxylation sites is 2. The molecule has 2 atom stereocenters. The molecule has 1 saturated heterocycles. The number of aliphatic imine (C=N–C) groups is 1. The first-order chi connectivity index (χ1) is 10.3. The molecule has 3 aliphatic rings. The number of rotatable bonds is 0. The zero-order valence-electron chi connectivity index (χ0n) is 12.2. The molecule has 1 aromatic rings. The van der Waals surface area contributed by atoms with Crippen molar-refractivity contribution in [1.29, 1.82) is 0 Å². The molecular weight excluding hydrogens is 280 g/mol. The highest BCUT2D eigenvalue weighted by atomic mass is 32.2. The smallest absolute Gasteiger partial charge is 0.115 e. The van der Waals surface area contributed by atoms with E-state index in [0.717, 1.165) is 37.6 Å². The monoisotopic (exact) mass is 300 g/mol. The van der Waals surface area contributed by atoms with Crippen molar-refractivity contribution in [3.8, 4) is 0 Å². The molecule has 0 bridgehead atoms. The molecule has 1 fully saturated rings. The highest BCUT2D eigenvalue weighted by molar-refractivity contribution is 8.04. The van der Waals surface area contributed by atoms with E-state index in [0.29, 0.717) is 11.3 Å². The minimum absolute atomic E-state index is 0.362. The fourth-order valence-corrected chi connectivity index (χ4v) is 4.36. The Balaban J connectivity index is 1.77. The summed E-state index contributed by atoms with van der Waals surface area (Å²) in [5, 5.41) is 7.46. The lowest BCUT2D eigenvalue weighted by Crippen LogP contribution is -2.49. The second-order valence-corrected chi connectivity index (χ2v) is 7.10. The Labute approximate surface area is 129 Å². The van der Waals surface area contributed by atoms with Gasteiger partial charge in [-0.15, -0.1) is 11.8 Å². The van der Waals surface area contributed by atoms with Crippen molar-refractivity contribution in [2.45, 2.75) is 12.3 Å². The highest BCUT2D eigenvalue weighted by Crippen LogP contribution is 2.42. The number of nitrogens with one attached hydrogen (secondary N) is 2. The summed E-state index contributed by atoms with van der Waals surface area (Å²) in [6, 6.07) is 8.37. The van der Waals surface area contributed by atoms with E-state index in [4.69, 9.17) is 4.99 Å². The van der Waals surface area contributed by atoms with Gasteiger partial charge < -0.3 is 15.5 Å². The van der Waals surface area contributed by atoms with Crippen molar-refractivity contribution in [3.63, 3.8) is 0 Å². The van der Waals surface area contributed by atoms with Gasteiger partial charge in [0.25, 0.3) is 0 Å². The summed E-state index contributed by atoms with van der Waals surface area (Å²) in [4.78, 5) is 8.87. The van der Waals surface area contributed by atoms with Gasteiger partial charge in [-0.05, 0) is 24.0 Å². The first-order valence-corrected chi connectivity index (χ1v) is 8.44. The third-order valence-corrected chi connectivity index (χ3v) is 5.40. The molecule has 110 valence electrons. The Morgan fingerprint density at radius 3 is 2.90 bits per heavy atom. The number of allylic oxidation sites excluding steroid dienone is 1. The summed E-state index contributed by atoms with van der Waals surface area (Å²) in [5.41, 5.74) is 2.21. The van der Waals surface area contributed by atoms with E-state index in [1.807, 2.05) is 11.8 Å². The third-order valence-electron chi connectivity index (χ3n) is 4.23. The molecule has 2 unspecified atom stereocenters. The summed E-state index contributed by atoms with van der Waals surface area (Å²) in [6.45, 7) is 6.37. The minimum Gasteiger partial charge on any atom is -0.370 e. The molecule has 21 heavy (non-hydrogen) atoms. The van der Waals surface area contributed by atoms with Crippen LogP contribution in [-0.2, 0) is 0 Å². The fourth-order valence-electron chi connectivity index (χ4n) is 3.20. The van der Waals surface area contributed by atoms with Gasteiger partial charge in [0.15, 0.2) is 0 Å². The lowest BCUT2D eigenvalue weighted by atomic mass is 10.1. The van der Waals surface area contributed by atoms with Gasteiger partial charge in [-0.3, -0.25) is 0 Å². The van der Waals surface area contributed by atoms with Crippen LogP contribution in [-0.4, -0.2) is 42.3 Å². The largest absolute Gasteiger partial charge is 0.370 e. The number of piperazine rings is 1. The summed E-state index contributed by atoms with van der Waals surface area (Å²) in [5.74, 6) is 1.59. The van der Waals surface area contributed by atoms with E-state index in [1.54, 1.807) is 0 Å². The number of anilines is 1. The van der Waals surface area contributed by atoms with Gasteiger partial charge in [0.1, 0.15) is 5.84 Å². The van der Waals surface area contributed by atoms with Crippen molar-refractivity contribution in [1.82, 2.24) is 10.2 Å². The molecule has 2 N–H and O–H groups in total. The van der Waals surface area contributed by atoms with Crippen LogP contribution < -0.4 is 10.6 Å². The van der Waals surface area contributed by atoms with Crippen LogP contribution in [0.5, 0.6) is 0 Å². The molecule has 0 aliphatic carbocycles. The number of hydrogen-bond donors (Lipinski definition) is 2. The second-order valence-electron chi connectivity index (χ2n) is 5.71. The fraction of sp³-hybridized carbons (Fsp3) is 0.438. The molecular formula is C16H20N4S. The van der Waals surface area contributed by atoms with Crippen LogP contribution in [0.4, 0.5) is 11.4 Å². The molecule has 0 aromatic heterocycles. The van der Waals surface area contributed by atoms with Crippen molar-refractivity contribution in [3.05, 3.63) is 35.2 Å². The summed E-state index contributed by atoms with van der Waals surface area (Å²) < 4.78 is 0. The van der Waals surface area contributed by atoms with Crippen LogP contribution in [0, 0.1) is 5.92 Å². The van der Waals surface area contributed by atoms with Gasteiger partial charge in [0, 0.05) is 26.2 Å². The summed E-state index contributed by atoms with van der Waals surface area (Å²) in [6.07, 6.45) is 2.37. The Morgan fingerprint density at radius 1 is 1.24 bits per heavy atom. The van der Waals surface area contributed by atoms with Gasteiger partial charge in [-0.1, -0.05) is 18.2 Å². The van der Waals surface area contributed by atoms with E-state index >= 15 is 0 Å². The first-order valence-electron chi connectivity index (χ1n) is 7.56. The van der Waals surface area contributed by atoms with E-state index in [1.165, 1.54) is 10.7 Å². The number of benzene rings is 1. The van der Waals surface area contributed by atoms with Gasteiger partial charge in [0.2, 0.25) is 0 Å². The van der Waals surface area contributed by atoms with Gasteiger partial charge >= 0.3 is 0 Å². The Hall–Kier alpha value is -1.46. The number of thioether (sulfide) groups is 1. The lowest BCUT2D eigenvalue weighted by Gasteiger charge is -2.33. The standard InChI is InChI=1S/C16H20N4S/c1-11-10-12-15(20-8-6-17-7-9-20)18-13-4-2-3-5-14(13)19-16(12)21-11/h2-5,10,12,16-17,19H,6-9H2,1H3. The van der Waals surface area contributed by atoms with E-state index in [9.17, 15) is 0 Å². The van der Waals surface area contributed by atoms with Crippen LogP contribution in [0.15, 0.2) is 40.2 Å². The molecule has 5 heteroatoms. The average molecular weight is 300 g/mol. The Kier molecular flexibility index (Phi) is 3.39. The van der Waals surface area contributed by atoms with Crippen LogP contribution in [0.1, 0.15) is 6.92 Å². The molecule has 4 rings (SSSR count). The summed E-state index contributed by atoms with van der Waals surface area (Å²) >= 11 is 1.92. The highest BCUT2D eigenvalue weighted by Gasteiger charge is 2.36. The zero-order chi connectivity index (χ0) is 14.2. The number of nitrogens with zero attached hydrogens (tertiary/aromatic N) is 2. The van der Waals surface area contributed by atoms with Crippen LogP contribution in [0.25, 0.3) is 0 Å². The molecule has 4 nitrogen and oxygen atoms in total. The lowest BCUT2D eigenvalue weighted by molar-refractivity contribution is 0.346. The number of fused-ring (bicyclic) bond motifs is 2. The molecule has 0 radical (unpaired) electrons. The molecule has 0 amide bonds. The van der Waals surface area contributed by atoms with E-state index in [2.05, 4.69) is 52.8 Å². The van der Waals surface area contributed by atoms with Crippen molar-refractivity contribution in [2.75, 3.05) is 31.5 Å². The number of amidine groups is 1. The predicted octanol–water partition coefficient (Wildman–Crippen LogP) is 2.64. The number of hydrogen-bond acceptors (Lipinski definition) is 5. The van der Waals surface area contributed by atoms with Crippen molar-refractivity contribution < 1.29 is 0 Å². The van der Waals surface area contributed by atoms with Crippen LogP contribution in [0.3, 0.4) is 0 Å². The molecule has 3 heterocycles. The van der Waals surface area contributed by atoms with Crippen LogP contribution in [0.2, 0.25) is 0 Å². The topological polar surface area (TPSA) is 39.7 Å². The Bertz CT molecular complexity index is 604. The molecule has 0 spiro atoms. The quantitative estimate of drug-likeness (QED) is 0.773. The third kappa shape index (κ3) is 2.45.